The molecule has 2 heterocycles. The molecule has 0 bridgehead atoms. The summed E-state index contributed by atoms with van der Waals surface area (Å²) in [5.74, 6) is 0. The van der Waals surface area contributed by atoms with Crippen molar-refractivity contribution in [1.29, 1.82) is 0 Å². The minimum Gasteiger partial charge on any atom is -0.310 e. The maximum absolute atomic E-state index is 5.08. The van der Waals surface area contributed by atoms with E-state index in [0.717, 1.165) is 61.8 Å². The van der Waals surface area contributed by atoms with Gasteiger partial charge >= 0.3 is 0 Å². The van der Waals surface area contributed by atoms with Crippen LogP contribution < -0.4 is 4.90 Å². The number of pyridine rings is 2. The van der Waals surface area contributed by atoms with Crippen LogP contribution in [0.3, 0.4) is 0 Å². The Morgan fingerprint density at radius 3 is 1.43 bits per heavy atom. The number of hydrogen-bond donors (Lipinski definition) is 0. The van der Waals surface area contributed by atoms with Gasteiger partial charge in [0.05, 0.1) is 17.1 Å². The van der Waals surface area contributed by atoms with E-state index in [1.807, 2.05) is 12.4 Å². The molecule has 8 aromatic rings. The smallest absolute Gasteiger partial charge is 0.0709 e. The number of benzene rings is 6. The molecule has 286 valence electrons. The van der Waals surface area contributed by atoms with Crippen LogP contribution in [-0.2, 0) is 10.8 Å². The Balaban J connectivity index is 1.40. The van der Waals surface area contributed by atoms with Gasteiger partial charge in [-0.15, -0.1) is 0 Å². The van der Waals surface area contributed by atoms with Gasteiger partial charge in [-0.25, -0.2) is 0 Å². The van der Waals surface area contributed by atoms with Gasteiger partial charge in [0, 0.05) is 40.5 Å². The van der Waals surface area contributed by atoms with Crippen LogP contribution in [0.2, 0.25) is 0 Å². The van der Waals surface area contributed by atoms with Crippen molar-refractivity contribution in [3.05, 3.63) is 199 Å². The van der Waals surface area contributed by atoms with Gasteiger partial charge in [0.15, 0.2) is 0 Å². The number of hydrogen-bond acceptors (Lipinski definition) is 3. The fourth-order valence-corrected chi connectivity index (χ4v) is 7.61. The third-order valence-corrected chi connectivity index (χ3v) is 11.0. The molecule has 0 saturated carbocycles. The largest absolute Gasteiger partial charge is 0.310 e. The van der Waals surface area contributed by atoms with Gasteiger partial charge in [-0.05, 0) is 123 Å². The normalized spacial score (nSPS) is 11.7. The molecule has 0 radical (unpaired) electrons. The summed E-state index contributed by atoms with van der Waals surface area (Å²) in [7, 11) is 0. The molecular formula is C55H51N3. The zero-order chi connectivity index (χ0) is 40.4. The van der Waals surface area contributed by atoms with Crippen molar-refractivity contribution in [1.82, 2.24) is 9.97 Å². The van der Waals surface area contributed by atoms with Crippen LogP contribution in [0.4, 0.5) is 17.1 Å². The van der Waals surface area contributed by atoms with E-state index in [0.29, 0.717) is 0 Å². The van der Waals surface area contributed by atoms with Gasteiger partial charge in [-0.2, -0.15) is 0 Å². The highest BCUT2D eigenvalue weighted by Gasteiger charge is 2.25. The van der Waals surface area contributed by atoms with Crippen molar-refractivity contribution in [2.45, 2.75) is 59.3 Å². The molecule has 0 aliphatic carbocycles. The van der Waals surface area contributed by atoms with Gasteiger partial charge in [-0.1, -0.05) is 151 Å². The summed E-state index contributed by atoms with van der Waals surface area (Å²) in [6, 6.07) is 61.2. The number of para-hydroxylation sites is 1. The molecule has 0 aliphatic rings. The molecule has 0 N–H and O–H groups in total. The zero-order valence-corrected chi connectivity index (χ0v) is 34.7. The first-order chi connectivity index (χ1) is 27.9. The topological polar surface area (TPSA) is 29.0 Å². The molecule has 0 aliphatic heterocycles. The van der Waals surface area contributed by atoms with E-state index in [1.165, 1.54) is 27.8 Å². The van der Waals surface area contributed by atoms with Crippen LogP contribution in [-0.4, -0.2) is 9.97 Å². The molecule has 0 fully saturated rings. The summed E-state index contributed by atoms with van der Waals surface area (Å²) < 4.78 is 0. The first kappa shape index (κ1) is 38.3. The second-order valence-electron chi connectivity index (χ2n) is 17.3. The number of aromatic nitrogens is 2. The van der Waals surface area contributed by atoms with Crippen LogP contribution in [0.15, 0.2) is 182 Å². The molecule has 0 amide bonds. The van der Waals surface area contributed by atoms with Crippen molar-refractivity contribution in [3.8, 4) is 55.9 Å². The average Bonchev–Trinajstić information content (AvgIpc) is 3.24. The third kappa shape index (κ3) is 8.12. The minimum atomic E-state index is -0.136. The highest BCUT2D eigenvalue weighted by molar-refractivity contribution is 5.91. The SMILES string of the molecule is Cc1cnc(-c2cc(N(c3cc(-c4cc(-c5ccccc5)ccn4)cc(C(C)(C)C)c3)c3ccccc3-c3ccccc3)cc(C(C)(C)C)c2)cc1-c1ccccc1. The zero-order valence-electron chi connectivity index (χ0n) is 34.7. The summed E-state index contributed by atoms with van der Waals surface area (Å²) >= 11 is 0. The third-order valence-electron chi connectivity index (χ3n) is 11.0. The van der Waals surface area contributed by atoms with Crippen molar-refractivity contribution in [3.63, 3.8) is 0 Å². The summed E-state index contributed by atoms with van der Waals surface area (Å²) in [6.07, 6.45) is 3.94. The number of rotatable bonds is 8. The minimum absolute atomic E-state index is 0.134. The molecule has 3 heteroatoms. The Bertz CT molecular complexity index is 2680. The summed E-state index contributed by atoms with van der Waals surface area (Å²) in [6.45, 7) is 15.9. The van der Waals surface area contributed by atoms with E-state index in [9.17, 15) is 0 Å². The van der Waals surface area contributed by atoms with Gasteiger partial charge in [0.25, 0.3) is 0 Å². The molecule has 3 nitrogen and oxygen atoms in total. The Morgan fingerprint density at radius 1 is 0.397 bits per heavy atom. The van der Waals surface area contributed by atoms with E-state index in [1.54, 1.807) is 0 Å². The Labute approximate surface area is 344 Å². The number of nitrogens with zero attached hydrogens (tertiary/aromatic N) is 3. The predicted molar refractivity (Wildman–Crippen MR) is 246 cm³/mol. The molecule has 0 atom stereocenters. The molecule has 2 aromatic heterocycles. The van der Waals surface area contributed by atoms with Gasteiger partial charge < -0.3 is 4.90 Å². The molecular weight excluding hydrogens is 703 g/mol. The quantitative estimate of drug-likeness (QED) is 0.155. The first-order valence-corrected chi connectivity index (χ1v) is 20.2. The van der Waals surface area contributed by atoms with Crippen LogP contribution in [0.1, 0.15) is 58.2 Å². The van der Waals surface area contributed by atoms with Gasteiger partial charge in [0.1, 0.15) is 0 Å². The monoisotopic (exact) mass is 753 g/mol. The van der Waals surface area contributed by atoms with Gasteiger partial charge in [-0.3, -0.25) is 9.97 Å². The van der Waals surface area contributed by atoms with Crippen molar-refractivity contribution in [2.75, 3.05) is 4.90 Å². The predicted octanol–water partition coefficient (Wildman–Crippen LogP) is 15.2. The highest BCUT2D eigenvalue weighted by atomic mass is 15.1. The molecule has 8 rings (SSSR count). The summed E-state index contributed by atoms with van der Waals surface area (Å²) in [4.78, 5) is 12.5. The molecule has 58 heavy (non-hydrogen) atoms. The van der Waals surface area contributed by atoms with E-state index >= 15 is 0 Å². The van der Waals surface area contributed by atoms with Crippen molar-refractivity contribution < 1.29 is 0 Å². The number of anilines is 3. The maximum Gasteiger partial charge on any atom is 0.0709 e. The van der Waals surface area contributed by atoms with Crippen LogP contribution in [0.25, 0.3) is 55.9 Å². The van der Waals surface area contributed by atoms with Crippen LogP contribution in [0, 0.1) is 6.92 Å². The van der Waals surface area contributed by atoms with Crippen molar-refractivity contribution in [2.24, 2.45) is 0 Å². The van der Waals surface area contributed by atoms with Crippen molar-refractivity contribution >= 4 is 17.1 Å². The van der Waals surface area contributed by atoms with Crippen LogP contribution in [0.5, 0.6) is 0 Å². The summed E-state index contributed by atoms with van der Waals surface area (Å²) in [5, 5.41) is 0. The average molecular weight is 754 g/mol. The molecule has 0 unspecified atom stereocenters. The standard InChI is InChI=1S/C55H51N3/c1-38-37-57-52(36-50(38)41-23-15-10-16-24-41)44-30-46(55(5,6)7)35-48(32-44)58(53-26-18-17-25-49(53)40-21-13-9-14-22-40)47-31-43(29-45(34-47)54(2,3)4)51-33-42(27-28-56-51)39-19-11-8-12-20-39/h8-37H,1-7H3. The fourth-order valence-electron chi connectivity index (χ4n) is 7.61. The first-order valence-electron chi connectivity index (χ1n) is 20.2. The lowest BCUT2D eigenvalue weighted by Gasteiger charge is -2.32. The Kier molecular flexibility index (Phi) is 10.4. The second-order valence-corrected chi connectivity index (χ2v) is 17.3. The van der Waals surface area contributed by atoms with E-state index < -0.39 is 0 Å². The lowest BCUT2D eigenvalue weighted by atomic mass is 9.84. The Hall–Kier alpha value is -6.58. The lowest BCUT2D eigenvalue weighted by molar-refractivity contribution is 0.590. The Morgan fingerprint density at radius 2 is 0.879 bits per heavy atom. The lowest BCUT2D eigenvalue weighted by Crippen LogP contribution is -2.17. The second kappa shape index (κ2) is 15.8. The van der Waals surface area contributed by atoms with E-state index in [2.05, 4.69) is 223 Å². The maximum atomic E-state index is 5.08. The molecule has 0 spiro atoms. The molecule has 6 aromatic carbocycles. The highest BCUT2D eigenvalue weighted by Crippen LogP contribution is 2.46. The number of aryl methyl sites for hydroxylation is 1. The summed E-state index contributed by atoms with van der Waals surface area (Å²) in [5.41, 5.74) is 17.6. The fraction of sp³-hybridized carbons (Fsp3) is 0.164. The van der Waals surface area contributed by atoms with E-state index in [4.69, 9.17) is 9.97 Å². The van der Waals surface area contributed by atoms with E-state index in [-0.39, 0.29) is 10.8 Å². The molecule has 0 saturated heterocycles. The van der Waals surface area contributed by atoms with Crippen LogP contribution >= 0.6 is 0 Å². The van der Waals surface area contributed by atoms with Gasteiger partial charge in [0.2, 0.25) is 0 Å².